The average Bonchev–Trinajstić information content (AvgIpc) is 0.738. The van der Waals surface area contributed by atoms with E-state index in [1.807, 2.05) is 158 Å². The van der Waals surface area contributed by atoms with Crippen molar-refractivity contribution in [2.24, 2.45) is 0 Å². The lowest BCUT2D eigenvalue weighted by Gasteiger charge is -2.50. The fraction of sp³-hybridized carbons (Fsp3) is 0.379. The molecule has 0 amide bonds. The first-order chi connectivity index (χ1) is 54.2. The molecule has 596 valence electrons. The molecular weight excluding hydrogens is 1490 g/mol. The molecule has 0 aliphatic carbocycles. The Labute approximate surface area is 656 Å². The number of hydrogen-bond donors (Lipinski definition) is 3. The van der Waals surface area contributed by atoms with Gasteiger partial charge in [0.2, 0.25) is 0 Å². The van der Waals surface area contributed by atoms with Gasteiger partial charge in [0, 0.05) is 6.61 Å². The number of benzene rings is 9. The summed E-state index contributed by atoms with van der Waals surface area (Å²) in [5, 5.41) is 40.6. The van der Waals surface area contributed by atoms with E-state index in [0.29, 0.717) is 34.2 Å². The van der Waals surface area contributed by atoms with Crippen LogP contribution in [0.5, 0.6) is 0 Å². The zero-order valence-electron chi connectivity index (χ0n) is 62.9. The highest BCUT2D eigenvalue weighted by Crippen LogP contribution is 2.46. The van der Waals surface area contributed by atoms with Gasteiger partial charge in [-0.15, -0.1) is 0 Å². The van der Waals surface area contributed by atoms with Crippen LogP contribution in [0.15, 0.2) is 269 Å². The van der Waals surface area contributed by atoms with Crippen molar-refractivity contribution in [3.63, 3.8) is 0 Å². The quantitative estimate of drug-likeness (QED) is 0.0184. The van der Waals surface area contributed by atoms with Gasteiger partial charge < -0.3 is 62.7 Å². The summed E-state index contributed by atoms with van der Waals surface area (Å²) in [5.74, 6) is 0. The Bertz CT molecular complexity index is 4580. The lowest BCUT2D eigenvalue weighted by molar-refractivity contribution is -0.378. The molecular formula is C87H98O22S3. The van der Waals surface area contributed by atoms with Crippen LogP contribution < -0.4 is 0 Å². The van der Waals surface area contributed by atoms with Crippen molar-refractivity contribution in [1.82, 2.24) is 0 Å². The second kappa shape index (κ2) is 39.5. The van der Waals surface area contributed by atoms with Crippen LogP contribution >= 0.6 is 0 Å². The van der Waals surface area contributed by atoms with E-state index in [1.165, 1.54) is 48.5 Å². The Kier molecular flexibility index (Phi) is 29.5. The van der Waals surface area contributed by atoms with Gasteiger partial charge in [-0.25, -0.2) is 0 Å². The van der Waals surface area contributed by atoms with E-state index < -0.39 is 135 Å². The van der Waals surface area contributed by atoms with Crippen LogP contribution in [-0.2, 0) is 116 Å². The Hall–Kier alpha value is -7.81. The molecule has 112 heavy (non-hydrogen) atoms. The smallest absolute Gasteiger partial charge is 0.297 e. The zero-order chi connectivity index (χ0) is 78.7. The summed E-state index contributed by atoms with van der Waals surface area (Å²) >= 11 is 0. The van der Waals surface area contributed by atoms with Crippen LogP contribution in [0.2, 0.25) is 0 Å². The van der Waals surface area contributed by atoms with E-state index in [9.17, 15) is 23.7 Å². The predicted octanol–water partition coefficient (Wildman–Crippen LogP) is 12.7. The Balaban J connectivity index is 0.975. The van der Waals surface area contributed by atoms with Crippen LogP contribution in [0, 0.1) is 20.8 Å². The fourth-order valence-electron chi connectivity index (χ4n) is 13.9. The van der Waals surface area contributed by atoms with Crippen molar-refractivity contribution in [1.29, 1.82) is 0 Å². The van der Waals surface area contributed by atoms with Gasteiger partial charge in [0.25, 0.3) is 30.4 Å². The molecule has 0 saturated carbocycles. The van der Waals surface area contributed by atoms with Gasteiger partial charge >= 0.3 is 0 Å². The van der Waals surface area contributed by atoms with Gasteiger partial charge in [0.1, 0.15) is 60.5 Å². The topological polar surface area (TPSA) is 283 Å². The van der Waals surface area contributed by atoms with Crippen LogP contribution in [0.25, 0.3) is 0 Å². The molecule has 25 heteroatoms. The lowest BCUT2D eigenvalue weighted by Crippen LogP contribution is -2.68. The summed E-state index contributed by atoms with van der Waals surface area (Å²) in [6.07, 6.45) is -23.4. The summed E-state index contributed by atoms with van der Waals surface area (Å²) in [6, 6.07) is 72.5. The summed E-state index contributed by atoms with van der Waals surface area (Å²) in [4.78, 5) is -0.954. The predicted molar refractivity (Wildman–Crippen MR) is 415 cm³/mol. The SMILES string of the molecule is CCCCCCCCO[C@H]1O[C@H](COCc2ccccc2)[C@@H](O[C@H]2O[C@H](COCc3ccccc3)[C@@H](O[C@H]3O[C@H](COCc4ccccc4)[C@@H](OC(c4ccccc4)(c4ccccc4)c4ccccc4)[C@H](O)[C@@H]3OS(=O)(=O)c3ccc(C)cc3)[C@H](O)[C@@H]2OS(=O)(=O)c2ccc(C)cc2)[C@H](O)[C@@H]1OS(=O)(=O)c1ccc(C)cc1. The molecule has 3 fully saturated rings. The monoisotopic (exact) mass is 1590 g/mol. The number of rotatable bonds is 38. The number of aliphatic hydroxyl groups is 3. The minimum absolute atomic E-state index is 0.00332. The van der Waals surface area contributed by atoms with E-state index in [-0.39, 0.29) is 54.3 Å². The first-order valence-corrected chi connectivity index (χ1v) is 42.0. The Morgan fingerprint density at radius 3 is 0.964 bits per heavy atom. The van der Waals surface area contributed by atoms with E-state index in [4.69, 9.17) is 59.9 Å². The summed E-state index contributed by atoms with van der Waals surface area (Å²) in [7, 11) is -14.8. The molecule has 3 aliphatic rings. The molecule has 9 aromatic carbocycles. The van der Waals surface area contributed by atoms with Gasteiger partial charge in [-0.3, -0.25) is 12.5 Å². The highest BCUT2D eigenvalue weighted by molar-refractivity contribution is 7.87. The highest BCUT2D eigenvalue weighted by atomic mass is 32.2. The van der Waals surface area contributed by atoms with Gasteiger partial charge in [-0.05, 0) is 97.0 Å². The summed E-state index contributed by atoms with van der Waals surface area (Å²) in [5.41, 5.74) is 4.53. The molecule has 9 aromatic rings. The normalized spacial score (nSPS) is 24.5. The molecule has 3 aliphatic heterocycles. The molecule has 15 atom stereocenters. The van der Waals surface area contributed by atoms with Gasteiger partial charge in [0.15, 0.2) is 37.2 Å². The number of ether oxygens (including phenoxy) is 10. The molecule has 0 bridgehead atoms. The van der Waals surface area contributed by atoms with Crippen molar-refractivity contribution in [2.45, 2.75) is 198 Å². The minimum Gasteiger partial charge on any atom is -0.387 e. The standard InChI is InChI=1S/C87H98O22S3/c1-5-6-7-8-9-28-53-100-84-81(107-110(91,92)69-47-41-60(2)42-48-69)75(88)78(72(101-84)57-97-54-63-29-16-10-17-30-63)104-85-82(108-111(93,94)70-49-43-61(3)44-50-70)76(89)79(73(102-85)58-98-55-64-31-18-11-19-32-64)105-86-83(109-112(95,96)71-51-45-62(4)46-52-71)77(90)80(74(103-86)59-99-56-65-33-20-12-21-34-65)106-87(66-35-22-13-23-36-66,67-37-24-14-25-38-67)68-39-26-15-27-40-68/h10-27,29-52,72-86,88-90H,5-9,28,53-59H2,1-4H3/t72-,73-,74-,75+,76+,77+,78-,79-,80-,81+,82+,83+,84+,85-,86-/m1/s1. The van der Waals surface area contributed by atoms with Gasteiger partial charge in [0.05, 0.1) is 54.3 Å². The van der Waals surface area contributed by atoms with Crippen molar-refractivity contribution in [3.8, 4) is 0 Å². The van der Waals surface area contributed by atoms with E-state index in [2.05, 4.69) is 6.92 Å². The number of unbranched alkanes of at least 4 members (excludes halogenated alkanes) is 5. The molecule has 12 rings (SSSR count). The molecule has 0 aromatic heterocycles. The first-order valence-electron chi connectivity index (χ1n) is 37.8. The Morgan fingerprint density at radius 2 is 0.625 bits per heavy atom. The molecule has 3 heterocycles. The third-order valence-corrected chi connectivity index (χ3v) is 23.9. The minimum atomic E-state index is -5.05. The fourth-order valence-corrected chi connectivity index (χ4v) is 17.1. The first kappa shape index (κ1) is 83.6. The second-order valence-corrected chi connectivity index (χ2v) is 33.0. The molecule has 0 unspecified atom stereocenters. The van der Waals surface area contributed by atoms with Crippen LogP contribution in [0.1, 0.15) is 95.5 Å². The van der Waals surface area contributed by atoms with Crippen molar-refractivity contribution >= 4 is 30.4 Å². The summed E-state index contributed by atoms with van der Waals surface area (Å²) in [6.45, 7) is 6.08. The third kappa shape index (κ3) is 21.4. The number of hydrogen-bond acceptors (Lipinski definition) is 22. The lowest BCUT2D eigenvalue weighted by atomic mass is 9.79. The van der Waals surface area contributed by atoms with E-state index in [0.717, 1.165) is 54.4 Å². The van der Waals surface area contributed by atoms with Gasteiger partial charge in [-0.1, -0.05) is 274 Å². The van der Waals surface area contributed by atoms with Crippen molar-refractivity contribution in [3.05, 3.63) is 305 Å². The highest BCUT2D eigenvalue weighted by Gasteiger charge is 2.59. The maximum absolute atomic E-state index is 15.2. The molecule has 22 nitrogen and oxygen atoms in total. The van der Waals surface area contributed by atoms with Crippen molar-refractivity contribution < 1.29 is 100 Å². The van der Waals surface area contributed by atoms with Crippen LogP contribution in [0.3, 0.4) is 0 Å². The maximum Gasteiger partial charge on any atom is 0.297 e. The second-order valence-electron chi connectivity index (χ2n) is 28.3. The number of aliphatic hydroxyl groups excluding tert-OH is 3. The largest absolute Gasteiger partial charge is 0.387 e. The zero-order valence-corrected chi connectivity index (χ0v) is 65.4. The molecule has 0 spiro atoms. The van der Waals surface area contributed by atoms with E-state index >= 15 is 16.8 Å². The Morgan fingerprint density at radius 1 is 0.339 bits per heavy atom. The maximum atomic E-state index is 15.2. The third-order valence-electron chi connectivity index (χ3n) is 19.9. The molecule has 3 saturated heterocycles. The van der Waals surface area contributed by atoms with Crippen LogP contribution in [0.4, 0.5) is 0 Å². The molecule has 0 radical (unpaired) electrons. The number of aryl methyl sites for hydroxylation is 3. The van der Waals surface area contributed by atoms with Crippen LogP contribution in [-0.4, -0.2) is 159 Å². The van der Waals surface area contributed by atoms with Gasteiger partial charge in [-0.2, -0.15) is 25.3 Å². The van der Waals surface area contributed by atoms with Crippen molar-refractivity contribution in [2.75, 3.05) is 26.4 Å². The molecule has 3 N–H and O–H groups in total. The average molecular weight is 1590 g/mol. The summed E-state index contributed by atoms with van der Waals surface area (Å²) < 4.78 is 176. The van der Waals surface area contributed by atoms with E-state index in [1.54, 1.807) is 69.3 Å².